The summed E-state index contributed by atoms with van der Waals surface area (Å²) in [5.41, 5.74) is 8.56. The topological polar surface area (TPSA) is 113 Å². The summed E-state index contributed by atoms with van der Waals surface area (Å²) in [6.07, 6.45) is 0.825. The van der Waals surface area contributed by atoms with E-state index >= 15 is 0 Å². The largest absolute Gasteiger partial charge is 0.384 e. The van der Waals surface area contributed by atoms with E-state index in [9.17, 15) is 20.2 Å². The van der Waals surface area contributed by atoms with Gasteiger partial charge in [-0.1, -0.05) is 49.2 Å². The Bertz CT molecular complexity index is 1290. The average molecular weight is 483 g/mol. The van der Waals surface area contributed by atoms with Gasteiger partial charge in [-0.05, 0) is 35.6 Å². The second kappa shape index (κ2) is 8.22. The molecule has 1 heterocycles. The van der Waals surface area contributed by atoms with Crippen molar-refractivity contribution < 1.29 is 9.72 Å². The zero-order valence-corrected chi connectivity index (χ0v) is 19.4. The summed E-state index contributed by atoms with van der Waals surface area (Å²) in [5.74, 6) is -0.661. The summed E-state index contributed by atoms with van der Waals surface area (Å²) in [6, 6.07) is 13.0. The Morgan fingerprint density at radius 1 is 1.18 bits per heavy atom. The molecule has 1 aliphatic carbocycles. The van der Waals surface area contributed by atoms with E-state index in [0.29, 0.717) is 45.4 Å². The molecule has 9 heteroatoms. The van der Waals surface area contributed by atoms with E-state index in [-0.39, 0.29) is 28.3 Å². The summed E-state index contributed by atoms with van der Waals surface area (Å²) in [4.78, 5) is 25.7. The van der Waals surface area contributed by atoms with Gasteiger partial charge in [-0.25, -0.2) is 0 Å². The maximum absolute atomic E-state index is 13.5. The van der Waals surface area contributed by atoms with Crippen LogP contribution in [-0.2, 0) is 4.79 Å². The van der Waals surface area contributed by atoms with Gasteiger partial charge in [0.15, 0.2) is 5.78 Å². The van der Waals surface area contributed by atoms with Crippen molar-refractivity contribution in [1.29, 1.82) is 5.26 Å². The van der Waals surface area contributed by atoms with Crippen molar-refractivity contribution in [1.82, 2.24) is 0 Å². The van der Waals surface area contributed by atoms with Crippen LogP contribution in [0, 0.1) is 26.9 Å². The van der Waals surface area contributed by atoms with Crippen LogP contribution in [-0.4, -0.2) is 10.7 Å². The Balaban J connectivity index is 1.98. The number of carbonyl (C=O) groups is 1. The minimum absolute atomic E-state index is 0.0788. The van der Waals surface area contributed by atoms with Gasteiger partial charge in [0.2, 0.25) is 0 Å². The minimum Gasteiger partial charge on any atom is -0.384 e. The van der Waals surface area contributed by atoms with Crippen LogP contribution >= 0.6 is 23.2 Å². The maximum atomic E-state index is 13.5. The second-order valence-corrected chi connectivity index (χ2v) is 9.77. The summed E-state index contributed by atoms with van der Waals surface area (Å²) in [7, 11) is 0. The van der Waals surface area contributed by atoms with Crippen molar-refractivity contribution in [2.24, 2.45) is 11.1 Å². The number of allylic oxidation sites excluding steroid dienone is 3. The van der Waals surface area contributed by atoms with E-state index in [2.05, 4.69) is 6.07 Å². The lowest BCUT2D eigenvalue weighted by atomic mass is 9.68. The Kier molecular flexibility index (Phi) is 5.69. The van der Waals surface area contributed by atoms with Crippen molar-refractivity contribution in [2.45, 2.75) is 32.6 Å². The fourth-order valence-corrected chi connectivity index (χ4v) is 5.06. The number of nitriles is 1. The highest BCUT2D eigenvalue weighted by molar-refractivity contribution is 6.36. The third-order valence-corrected chi connectivity index (χ3v) is 6.51. The molecule has 4 rings (SSSR count). The van der Waals surface area contributed by atoms with Crippen LogP contribution in [0.15, 0.2) is 65.1 Å². The van der Waals surface area contributed by atoms with Crippen molar-refractivity contribution in [3.8, 4) is 6.07 Å². The third kappa shape index (κ3) is 3.97. The molecule has 1 unspecified atom stereocenters. The Morgan fingerprint density at radius 3 is 2.42 bits per heavy atom. The fraction of sp³-hybridized carbons (Fsp3) is 0.250. The van der Waals surface area contributed by atoms with Crippen LogP contribution in [0.1, 0.15) is 38.2 Å². The van der Waals surface area contributed by atoms with Gasteiger partial charge in [0, 0.05) is 34.8 Å². The normalized spacial score (nSPS) is 19.9. The molecule has 0 saturated carbocycles. The molecule has 2 aromatic carbocycles. The Labute approximate surface area is 200 Å². The molecule has 0 amide bonds. The lowest BCUT2D eigenvalue weighted by molar-refractivity contribution is -0.384. The molecule has 0 radical (unpaired) electrons. The molecular formula is C24H20Cl2N4O3. The zero-order valence-electron chi connectivity index (χ0n) is 17.9. The first kappa shape index (κ1) is 22.8. The van der Waals surface area contributed by atoms with Crippen molar-refractivity contribution in [2.75, 3.05) is 4.90 Å². The predicted molar refractivity (Wildman–Crippen MR) is 127 cm³/mol. The van der Waals surface area contributed by atoms with E-state index in [1.807, 2.05) is 13.8 Å². The van der Waals surface area contributed by atoms with E-state index < -0.39 is 10.8 Å². The summed E-state index contributed by atoms with van der Waals surface area (Å²) in [5, 5.41) is 22.0. The highest BCUT2D eigenvalue weighted by Crippen LogP contribution is 2.51. The zero-order chi connectivity index (χ0) is 24.1. The molecular weight excluding hydrogens is 463 g/mol. The number of rotatable bonds is 3. The molecule has 0 spiro atoms. The number of nitro benzene ring substituents is 1. The number of nitrogens with two attached hydrogens (primary N) is 1. The van der Waals surface area contributed by atoms with Crippen LogP contribution in [0.4, 0.5) is 11.4 Å². The smallest absolute Gasteiger partial charge is 0.269 e. The molecule has 0 saturated heterocycles. The van der Waals surface area contributed by atoms with E-state index in [1.54, 1.807) is 35.2 Å². The SMILES string of the molecule is CC1(C)CC(=O)C2=C(C1)N(c1ccc(Cl)cc1Cl)C(N)=C(C#N)C2c1ccc([N+](=O)[O-])cc1. The van der Waals surface area contributed by atoms with Crippen LogP contribution < -0.4 is 10.6 Å². The van der Waals surface area contributed by atoms with Crippen LogP contribution in [0.3, 0.4) is 0 Å². The lowest BCUT2D eigenvalue weighted by Crippen LogP contribution is -2.42. The van der Waals surface area contributed by atoms with Crippen LogP contribution in [0.5, 0.6) is 0 Å². The highest BCUT2D eigenvalue weighted by Gasteiger charge is 2.45. The predicted octanol–water partition coefficient (Wildman–Crippen LogP) is 5.84. The fourth-order valence-electron chi connectivity index (χ4n) is 4.57. The van der Waals surface area contributed by atoms with Gasteiger partial charge in [-0.15, -0.1) is 0 Å². The van der Waals surface area contributed by atoms with Crippen LogP contribution in [0.25, 0.3) is 0 Å². The molecule has 2 aromatic rings. The molecule has 1 aliphatic heterocycles. The first-order valence-corrected chi connectivity index (χ1v) is 10.9. The van der Waals surface area contributed by atoms with Crippen molar-refractivity contribution in [3.63, 3.8) is 0 Å². The molecule has 2 N–H and O–H groups in total. The van der Waals surface area contributed by atoms with E-state index in [4.69, 9.17) is 28.9 Å². The lowest BCUT2D eigenvalue weighted by Gasteiger charge is -2.44. The van der Waals surface area contributed by atoms with Gasteiger partial charge in [-0.2, -0.15) is 5.26 Å². The first-order chi connectivity index (χ1) is 15.5. The molecule has 168 valence electrons. The number of benzene rings is 2. The molecule has 7 nitrogen and oxygen atoms in total. The van der Waals surface area contributed by atoms with Gasteiger partial charge in [-0.3, -0.25) is 19.8 Å². The number of carbonyl (C=O) groups excluding carboxylic acids is 1. The molecule has 2 aliphatic rings. The Hall–Kier alpha value is -3.34. The molecule has 0 bridgehead atoms. The number of halogens is 2. The number of nitro groups is 1. The van der Waals surface area contributed by atoms with Crippen LogP contribution in [0.2, 0.25) is 10.0 Å². The Morgan fingerprint density at radius 2 is 1.85 bits per heavy atom. The first-order valence-electron chi connectivity index (χ1n) is 10.2. The monoisotopic (exact) mass is 482 g/mol. The quantitative estimate of drug-likeness (QED) is 0.433. The standard InChI is InChI=1S/C24H20Cl2N4O3/c1-24(2)10-19-22(20(31)11-24)21(13-3-6-15(7-4-13)30(32)33)16(12-27)23(28)29(19)18-8-5-14(25)9-17(18)26/h3-9,21H,10-11,28H2,1-2H3. The third-order valence-electron chi connectivity index (χ3n) is 5.97. The summed E-state index contributed by atoms with van der Waals surface area (Å²) >= 11 is 12.6. The highest BCUT2D eigenvalue weighted by atomic mass is 35.5. The number of non-ortho nitro benzene ring substituents is 1. The summed E-state index contributed by atoms with van der Waals surface area (Å²) < 4.78 is 0. The van der Waals surface area contributed by atoms with E-state index in [0.717, 1.165) is 0 Å². The van der Waals surface area contributed by atoms with E-state index in [1.165, 1.54) is 12.1 Å². The van der Waals surface area contributed by atoms with Gasteiger partial charge < -0.3 is 5.73 Å². The van der Waals surface area contributed by atoms with Crippen molar-refractivity contribution in [3.05, 3.63) is 90.9 Å². The number of Topliss-reactive ketones (excluding diaryl/α,β-unsaturated/α-hetero) is 1. The minimum atomic E-state index is -0.725. The number of ketones is 1. The van der Waals surface area contributed by atoms with Gasteiger partial charge >= 0.3 is 0 Å². The molecule has 0 aromatic heterocycles. The van der Waals surface area contributed by atoms with Gasteiger partial charge in [0.25, 0.3) is 5.69 Å². The molecule has 0 fully saturated rings. The van der Waals surface area contributed by atoms with Crippen molar-refractivity contribution >= 4 is 40.4 Å². The second-order valence-electron chi connectivity index (χ2n) is 8.92. The number of anilines is 1. The average Bonchev–Trinajstić information content (AvgIpc) is 2.73. The number of hydrogen-bond acceptors (Lipinski definition) is 6. The van der Waals surface area contributed by atoms with Gasteiger partial charge in [0.1, 0.15) is 5.82 Å². The van der Waals surface area contributed by atoms with Gasteiger partial charge in [0.05, 0.1) is 33.2 Å². The molecule has 1 atom stereocenters. The molecule has 33 heavy (non-hydrogen) atoms. The maximum Gasteiger partial charge on any atom is 0.269 e. The summed E-state index contributed by atoms with van der Waals surface area (Å²) in [6.45, 7) is 3.99. The number of hydrogen-bond donors (Lipinski definition) is 1. The number of nitrogens with zero attached hydrogens (tertiary/aromatic N) is 3.